The first-order chi connectivity index (χ1) is 11.2. The summed E-state index contributed by atoms with van der Waals surface area (Å²) in [5, 5.41) is 3.69. The van der Waals surface area contributed by atoms with E-state index >= 15 is 0 Å². The van der Waals surface area contributed by atoms with E-state index in [1.165, 1.54) is 4.90 Å². The molecule has 0 unspecified atom stereocenters. The molecular formula is C18H19ClN2OS. The van der Waals surface area contributed by atoms with Crippen molar-refractivity contribution in [3.63, 3.8) is 0 Å². The topological polar surface area (TPSA) is 32.3 Å². The maximum atomic E-state index is 12.3. The van der Waals surface area contributed by atoms with E-state index in [0.717, 1.165) is 30.0 Å². The Labute approximate surface area is 146 Å². The maximum Gasteiger partial charge on any atom is 0.239 e. The van der Waals surface area contributed by atoms with E-state index in [1.54, 1.807) is 0 Å². The van der Waals surface area contributed by atoms with Gasteiger partial charge in [-0.3, -0.25) is 4.79 Å². The predicted molar refractivity (Wildman–Crippen MR) is 97.3 cm³/mol. The number of halogens is 1. The molecule has 2 aromatic carbocycles. The Morgan fingerprint density at radius 3 is 2.78 bits per heavy atom. The number of hydrogen-bond donors (Lipinski definition) is 1. The summed E-state index contributed by atoms with van der Waals surface area (Å²) < 4.78 is 0. The molecule has 3 nitrogen and oxygen atoms in total. The number of amides is 1. The van der Waals surface area contributed by atoms with Crippen molar-refractivity contribution in [1.29, 1.82) is 0 Å². The minimum absolute atomic E-state index is 0.0432. The monoisotopic (exact) mass is 346 g/mol. The van der Waals surface area contributed by atoms with Gasteiger partial charge < -0.3 is 10.2 Å². The Hall–Kier alpha value is -1.65. The number of benzene rings is 2. The third kappa shape index (κ3) is 4.43. The van der Waals surface area contributed by atoms with E-state index in [2.05, 4.69) is 28.4 Å². The Morgan fingerprint density at radius 2 is 1.96 bits per heavy atom. The highest BCUT2D eigenvalue weighted by atomic mass is 35.5. The molecule has 2 aromatic rings. The minimum Gasteiger partial charge on any atom is -0.361 e. The summed E-state index contributed by atoms with van der Waals surface area (Å²) in [5.74, 6) is 1.14. The van der Waals surface area contributed by atoms with Gasteiger partial charge in [-0.2, -0.15) is 0 Å². The second-order valence-corrected chi connectivity index (χ2v) is 7.07. The van der Waals surface area contributed by atoms with E-state index in [1.807, 2.05) is 42.1 Å². The number of rotatable bonds is 4. The number of hydrogen-bond acceptors (Lipinski definition) is 3. The molecule has 5 heteroatoms. The molecule has 1 amide bonds. The van der Waals surface area contributed by atoms with Crippen LogP contribution in [0.4, 0.5) is 5.69 Å². The zero-order valence-electron chi connectivity index (χ0n) is 12.8. The van der Waals surface area contributed by atoms with Crippen molar-refractivity contribution in [2.24, 2.45) is 0 Å². The van der Waals surface area contributed by atoms with Gasteiger partial charge in [0.25, 0.3) is 0 Å². The summed E-state index contributed by atoms with van der Waals surface area (Å²) in [6, 6.07) is 15.8. The smallest absolute Gasteiger partial charge is 0.239 e. The van der Waals surface area contributed by atoms with Crippen molar-refractivity contribution in [1.82, 2.24) is 5.32 Å². The Kier molecular flexibility index (Phi) is 5.47. The largest absolute Gasteiger partial charge is 0.361 e. The Balaban J connectivity index is 1.60. The first-order valence-corrected chi connectivity index (χ1v) is 9.06. The van der Waals surface area contributed by atoms with Crippen LogP contribution in [0.1, 0.15) is 12.0 Å². The predicted octanol–water partition coefficient (Wildman–Crippen LogP) is 3.96. The van der Waals surface area contributed by atoms with Crippen LogP contribution in [-0.2, 0) is 11.3 Å². The molecule has 1 aliphatic rings. The van der Waals surface area contributed by atoms with Gasteiger partial charge in [-0.05, 0) is 42.0 Å². The summed E-state index contributed by atoms with van der Waals surface area (Å²) >= 11 is 7.74. The molecule has 23 heavy (non-hydrogen) atoms. The van der Waals surface area contributed by atoms with Gasteiger partial charge in [0.15, 0.2) is 0 Å². The lowest BCUT2D eigenvalue weighted by molar-refractivity contribution is -0.119. The van der Waals surface area contributed by atoms with E-state index in [9.17, 15) is 4.79 Å². The number of nitrogens with zero attached hydrogens (tertiary/aromatic N) is 1. The summed E-state index contributed by atoms with van der Waals surface area (Å²) in [6.07, 6.45) is 1.09. The van der Waals surface area contributed by atoms with Gasteiger partial charge in [-0.15, -0.1) is 11.8 Å². The van der Waals surface area contributed by atoms with Gasteiger partial charge in [0.1, 0.15) is 0 Å². The number of thioether (sulfide) groups is 1. The lowest BCUT2D eigenvalue weighted by atomic mass is 10.2. The molecule has 1 N–H and O–H groups in total. The van der Waals surface area contributed by atoms with Gasteiger partial charge >= 0.3 is 0 Å². The van der Waals surface area contributed by atoms with Crippen molar-refractivity contribution >= 4 is 35.0 Å². The quantitative estimate of drug-likeness (QED) is 0.909. The van der Waals surface area contributed by atoms with Crippen molar-refractivity contribution in [3.8, 4) is 0 Å². The third-order valence-corrected chi connectivity index (χ3v) is 5.17. The Morgan fingerprint density at radius 1 is 1.17 bits per heavy atom. The van der Waals surface area contributed by atoms with Crippen molar-refractivity contribution in [2.75, 3.05) is 23.7 Å². The van der Waals surface area contributed by atoms with Crippen LogP contribution in [0.3, 0.4) is 0 Å². The van der Waals surface area contributed by atoms with Crippen LogP contribution in [0.25, 0.3) is 0 Å². The highest BCUT2D eigenvalue weighted by molar-refractivity contribution is 7.99. The van der Waals surface area contributed by atoms with Crippen molar-refractivity contribution < 1.29 is 4.79 Å². The van der Waals surface area contributed by atoms with Gasteiger partial charge in [-0.1, -0.05) is 35.9 Å². The molecule has 120 valence electrons. The fraction of sp³-hybridized carbons (Fsp3) is 0.278. The number of anilines is 1. The fourth-order valence-electron chi connectivity index (χ4n) is 2.59. The number of fused-ring (bicyclic) bond motifs is 1. The summed E-state index contributed by atoms with van der Waals surface area (Å²) in [6.45, 7) is 1.84. The first-order valence-electron chi connectivity index (χ1n) is 7.70. The first kappa shape index (κ1) is 16.2. The molecule has 0 atom stereocenters. The summed E-state index contributed by atoms with van der Waals surface area (Å²) in [4.78, 5) is 15.7. The van der Waals surface area contributed by atoms with E-state index in [-0.39, 0.29) is 5.91 Å². The van der Waals surface area contributed by atoms with Gasteiger partial charge in [0.2, 0.25) is 5.91 Å². The van der Waals surface area contributed by atoms with E-state index in [0.29, 0.717) is 18.1 Å². The summed E-state index contributed by atoms with van der Waals surface area (Å²) in [5.41, 5.74) is 2.21. The lowest BCUT2D eigenvalue weighted by Crippen LogP contribution is -2.37. The zero-order chi connectivity index (χ0) is 16.1. The molecule has 0 aliphatic carbocycles. The molecule has 0 spiro atoms. The van der Waals surface area contributed by atoms with Crippen LogP contribution in [0.5, 0.6) is 0 Å². The van der Waals surface area contributed by atoms with Crippen LogP contribution in [0.15, 0.2) is 53.4 Å². The van der Waals surface area contributed by atoms with Gasteiger partial charge in [0, 0.05) is 23.0 Å². The van der Waals surface area contributed by atoms with Crippen LogP contribution in [-0.4, -0.2) is 24.7 Å². The summed E-state index contributed by atoms with van der Waals surface area (Å²) in [7, 11) is 0. The maximum absolute atomic E-state index is 12.3. The van der Waals surface area contributed by atoms with Gasteiger partial charge in [-0.25, -0.2) is 0 Å². The van der Waals surface area contributed by atoms with E-state index < -0.39 is 0 Å². The molecule has 0 bridgehead atoms. The van der Waals surface area contributed by atoms with Crippen LogP contribution < -0.4 is 10.2 Å². The molecule has 0 saturated carbocycles. The zero-order valence-corrected chi connectivity index (χ0v) is 14.4. The molecule has 0 saturated heterocycles. The fourth-order valence-corrected chi connectivity index (χ4v) is 3.73. The molecule has 0 radical (unpaired) electrons. The molecule has 0 fully saturated rings. The highest BCUT2D eigenvalue weighted by Crippen LogP contribution is 2.33. The SMILES string of the molecule is O=C(CN1CCCSc2ccccc21)NCc1ccc(Cl)cc1. The molecule has 3 rings (SSSR count). The van der Waals surface area contributed by atoms with Crippen LogP contribution in [0, 0.1) is 0 Å². The van der Waals surface area contributed by atoms with Crippen molar-refractivity contribution in [3.05, 3.63) is 59.1 Å². The second-order valence-electron chi connectivity index (χ2n) is 5.49. The van der Waals surface area contributed by atoms with Crippen molar-refractivity contribution in [2.45, 2.75) is 17.9 Å². The molecule has 1 heterocycles. The molecule has 1 aliphatic heterocycles. The minimum atomic E-state index is 0.0432. The average molecular weight is 347 g/mol. The number of carbonyl (C=O) groups is 1. The molecular weight excluding hydrogens is 328 g/mol. The van der Waals surface area contributed by atoms with Crippen LogP contribution >= 0.6 is 23.4 Å². The normalized spacial score (nSPS) is 14.0. The third-order valence-electron chi connectivity index (χ3n) is 3.77. The van der Waals surface area contributed by atoms with Gasteiger partial charge in [0.05, 0.1) is 12.2 Å². The number of nitrogens with one attached hydrogen (secondary N) is 1. The lowest BCUT2D eigenvalue weighted by Gasteiger charge is -2.23. The number of carbonyl (C=O) groups excluding carboxylic acids is 1. The second kappa shape index (κ2) is 7.75. The molecule has 0 aromatic heterocycles. The Bertz CT molecular complexity index is 675. The van der Waals surface area contributed by atoms with Crippen LogP contribution in [0.2, 0.25) is 5.02 Å². The number of para-hydroxylation sites is 1. The van der Waals surface area contributed by atoms with E-state index in [4.69, 9.17) is 11.6 Å². The highest BCUT2D eigenvalue weighted by Gasteiger charge is 2.17. The average Bonchev–Trinajstić information content (AvgIpc) is 2.77. The standard InChI is InChI=1S/C18H19ClN2OS/c19-15-8-6-14(7-9-15)12-20-18(22)13-21-10-3-11-23-17-5-2-1-4-16(17)21/h1-2,4-9H,3,10-13H2,(H,20,22).